The highest BCUT2D eigenvalue weighted by Crippen LogP contribution is 2.21. The van der Waals surface area contributed by atoms with E-state index in [1.54, 1.807) is 13.0 Å². The normalized spacial score (nSPS) is 10.2. The summed E-state index contributed by atoms with van der Waals surface area (Å²) >= 11 is 0. The molecule has 1 amide bonds. The van der Waals surface area contributed by atoms with Crippen molar-refractivity contribution in [2.75, 3.05) is 5.32 Å². The molecule has 0 aliphatic heterocycles. The van der Waals surface area contributed by atoms with E-state index in [1.807, 2.05) is 0 Å². The Hall–Kier alpha value is -2.50. The summed E-state index contributed by atoms with van der Waals surface area (Å²) in [5.41, 5.74) is 0.128. The number of rotatable bonds is 2. The molecule has 88 valence electrons. The third-order valence-electron chi connectivity index (χ3n) is 2.03. The average molecular weight is 234 g/mol. The molecule has 1 aromatic heterocycles. The Morgan fingerprint density at radius 2 is 1.88 bits per heavy atom. The number of amides is 1. The fraction of sp³-hybridized carbons (Fsp3) is 0.0909. The van der Waals surface area contributed by atoms with E-state index >= 15 is 0 Å². The molecule has 1 aromatic carbocycles. The number of hydrogen-bond donors (Lipinski definition) is 3. The number of aromatic nitrogens is 1. The predicted octanol–water partition coefficient (Wildman–Crippen LogP) is 1.65. The zero-order chi connectivity index (χ0) is 12.4. The second kappa shape index (κ2) is 4.17. The van der Waals surface area contributed by atoms with Gasteiger partial charge in [-0.25, -0.2) is 0 Å². The summed E-state index contributed by atoms with van der Waals surface area (Å²) in [7, 11) is 0. The van der Waals surface area contributed by atoms with Crippen molar-refractivity contribution in [3.8, 4) is 11.5 Å². The SMILES string of the molecule is Cc1cc(NC(=O)c2cc(O)cc(O)c2)no1. The second-order valence-electron chi connectivity index (χ2n) is 3.52. The number of nitrogens with one attached hydrogen (secondary N) is 1. The van der Waals surface area contributed by atoms with Crippen LogP contribution in [-0.2, 0) is 0 Å². The molecular weight excluding hydrogens is 224 g/mol. The van der Waals surface area contributed by atoms with Crippen LogP contribution in [0.1, 0.15) is 16.1 Å². The lowest BCUT2D eigenvalue weighted by molar-refractivity contribution is 0.102. The van der Waals surface area contributed by atoms with E-state index in [2.05, 4.69) is 10.5 Å². The van der Waals surface area contributed by atoms with Crippen LogP contribution >= 0.6 is 0 Å². The Labute approximate surface area is 96.5 Å². The van der Waals surface area contributed by atoms with E-state index in [0.717, 1.165) is 6.07 Å². The number of aryl methyl sites for hydroxylation is 1. The zero-order valence-electron chi connectivity index (χ0n) is 8.97. The molecule has 0 unspecified atom stereocenters. The van der Waals surface area contributed by atoms with Crippen LogP contribution in [0.5, 0.6) is 11.5 Å². The van der Waals surface area contributed by atoms with E-state index in [4.69, 9.17) is 4.52 Å². The van der Waals surface area contributed by atoms with Gasteiger partial charge in [0.1, 0.15) is 17.3 Å². The first-order valence-corrected chi connectivity index (χ1v) is 4.82. The first kappa shape index (κ1) is 11.0. The van der Waals surface area contributed by atoms with Gasteiger partial charge in [-0.3, -0.25) is 4.79 Å². The maximum atomic E-state index is 11.7. The maximum absolute atomic E-state index is 11.7. The minimum Gasteiger partial charge on any atom is -0.508 e. The van der Waals surface area contributed by atoms with Crippen molar-refractivity contribution in [2.24, 2.45) is 0 Å². The number of nitrogens with zero attached hydrogens (tertiary/aromatic N) is 1. The topological polar surface area (TPSA) is 95.6 Å². The fourth-order valence-electron chi connectivity index (χ4n) is 1.34. The third-order valence-corrected chi connectivity index (χ3v) is 2.03. The molecule has 0 radical (unpaired) electrons. The monoisotopic (exact) mass is 234 g/mol. The van der Waals surface area contributed by atoms with Crippen LogP contribution in [0.3, 0.4) is 0 Å². The molecule has 0 aliphatic carbocycles. The molecule has 0 fully saturated rings. The van der Waals surface area contributed by atoms with Crippen LogP contribution in [-0.4, -0.2) is 21.3 Å². The van der Waals surface area contributed by atoms with Gasteiger partial charge < -0.3 is 20.1 Å². The van der Waals surface area contributed by atoms with E-state index in [-0.39, 0.29) is 22.9 Å². The van der Waals surface area contributed by atoms with Gasteiger partial charge in [0.05, 0.1) is 0 Å². The molecule has 2 aromatic rings. The van der Waals surface area contributed by atoms with Crippen LogP contribution in [0.2, 0.25) is 0 Å². The number of carbonyl (C=O) groups is 1. The van der Waals surface area contributed by atoms with Gasteiger partial charge >= 0.3 is 0 Å². The molecule has 6 heteroatoms. The number of aromatic hydroxyl groups is 2. The molecule has 17 heavy (non-hydrogen) atoms. The van der Waals surface area contributed by atoms with Crippen LogP contribution in [0.4, 0.5) is 5.82 Å². The molecular formula is C11H10N2O4. The van der Waals surface area contributed by atoms with E-state index in [1.165, 1.54) is 12.1 Å². The lowest BCUT2D eigenvalue weighted by Gasteiger charge is -2.02. The standard InChI is InChI=1S/C11H10N2O4/c1-6-2-10(13-17-6)12-11(16)7-3-8(14)5-9(15)4-7/h2-5,14-15H,1H3,(H,12,13,16). The highest BCUT2D eigenvalue weighted by Gasteiger charge is 2.10. The van der Waals surface area contributed by atoms with Crippen LogP contribution in [0.15, 0.2) is 28.8 Å². The van der Waals surface area contributed by atoms with Crippen LogP contribution in [0, 0.1) is 6.92 Å². The summed E-state index contributed by atoms with van der Waals surface area (Å²) < 4.78 is 4.79. The quantitative estimate of drug-likeness (QED) is 0.734. The van der Waals surface area contributed by atoms with Gasteiger partial charge in [-0.15, -0.1) is 0 Å². The number of benzene rings is 1. The highest BCUT2D eigenvalue weighted by molar-refractivity contribution is 6.04. The van der Waals surface area contributed by atoms with Gasteiger partial charge in [0.2, 0.25) is 0 Å². The van der Waals surface area contributed by atoms with Gasteiger partial charge in [-0.2, -0.15) is 0 Å². The largest absolute Gasteiger partial charge is 0.508 e. The van der Waals surface area contributed by atoms with E-state index in [9.17, 15) is 15.0 Å². The highest BCUT2D eigenvalue weighted by atomic mass is 16.5. The van der Waals surface area contributed by atoms with Crippen molar-refractivity contribution in [3.05, 3.63) is 35.6 Å². The van der Waals surface area contributed by atoms with Crippen LogP contribution in [0.25, 0.3) is 0 Å². The Morgan fingerprint density at radius 1 is 1.24 bits per heavy atom. The van der Waals surface area contributed by atoms with Gasteiger partial charge in [-0.05, 0) is 19.1 Å². The van der Waals surface area contributed by atoms with Crippen molar-refractivity contribution >= 4 is 11.7 Å². The van der Waals surface area contributed by atoms with E-state index < -0.39 is 5.91 Å². The summed E-state index contributed by atoms with van der Waals surface area (Å²) in [6, 6.07) is 5.17. The molecule has 0 spiro atoms. The first-order chi connectivity index (χ1) is 8.04. The van der Waals surface area contributed by atoms with Gasteiger partial charge in [0, 0.05) is 17.7 Å². The molecule has 0 atom stereocenters. The number of hydrogen-bond acceptors (Lipinski definition) is 5. The Bertz CT molecular complexity index is 542. The Morgan fingerprint density at radius 3 is 2.41 bits per heavy atom. The Kier molecular flexibility index (Phi) is 2.70. The smallest absolute Gasteiger partial charge is 0.257 e. The van der Waals surface area contributed by atoms with Crippen molar-refractivity contribution in [1.29, 1.82) is 0 Å². The molecule has 0 saturated carbocycles. The molecule has 0 bridgehead atoms. The summed E-state index contributed by atoms with van der Waals surface area (Å²) in [5.74, 6) is -0.0307. The minimum atomic E-state index is -0.496. The molecule has 3 N–H and O–H groups in total. The van der Waals surface area contributed by atoms with Crippen molar-refractivity contribution < 1.29 is 19.5 Å². The lowest BCUT2D eigenvalue weighted by atomic mass is 10.2. The van der Waals surface area contributed by atoms with E-state index in [0.29, 0.717) is 5.76 Å². The Balaban J connectivity index is 2.19. The van der Waals surface area contributed by atoms with Crippen LogP contribution < -0.4 is 5.32 Å². The summed E-state index contributed by atoms with van der Waals surface area (Å²) in [6.45, 7) is 1.70. The summed E-state index contributed by atoms with van der Waals surface area (Å²) in [4.78, 5) is 11.7. The van der Waals surface area contributed by atoms with Crippen molar-refractivity contribution in [1.82, 2.24) is 5.16 Å². The van der Waals surface area contributed by atoms with Crippen molar-refractivity contribution in [3.63, 3.8) is 0 Å². The van der Waals surface area contributed by atoms with Gasteiger partial charge in [0.25, 0.3) is 5.91 Å². The molecule has 2 rings (SSSR count). The number of carbonyl (C=O) groups excluding carboxylic acids is 1. The maximum Gasteiger partial charge on any atom is 0.257 e. The molecule has 6 nitrogen and oxygen atoms in total. The van der Waals surface area contributed by atoms with Crippen molar-refractivity contribution in [2.45, 2.75) is 6.92 Å². The summed E-state index contributed by atoms with van der Waals surface area (Å²) in [6.07, 6.45) is 0. The number of anilines is 1. The predicted molar refractivity (Wildman–Crippen MR) is 59.0 cm³/mol. The molecule has 0 saturated heterocycles. The number of phenols is 2. The minimum absolute atomic E-state index is 0.128. The lowest BCUT2D eigenvalue weighted by Crippen LogP contribution is -2.11. The first-order valence-electron chi connectivity index (χ1n) is 4.82. The second-order valence-corrected chi connectivity index (χ2v) is 3.52. The third kappa shape index (κ3) is 2.54. The summed E-state index contributed by atoms with van der Waals surface area (Å²) in [5, 5.41) is 24.5. The van der Waals surface area contributed by atoms with Gasteiger partial charge in [0.15, 0.2) is 5.82 Å². The zero-order valence-corrected chi connectivity index (χ0v) is 8.97. The average Bonchev–Trinajstić information content (AvgIpc) is 2.62. The molecule has 0 aliphatic rings. The number of phenolic OH excluding ortho intramolecular Hbond substituents is 2. The van der Waals surface area contributed by atoms with Gasteiger partial charge in [-0.1, -0.05) is 5.16 Å². The fourth-order valence-corrected chi connectivity index (χ4v) is 1.34. The molecule has 1 heterocycles.